The van der Waals surface area contributed by atoms with E-state index in [4.69, 9.17) is 0 Å². The molecule has 0 nitrogen and oxygen atoms in total. The Bertz CT molecular complexity index is 307. The Morgan fingerprint density at radius 1 is 0.750 bits per heavy atom. The van der Waals surface area contributed by atoms with E-state index in [-0.39, 0.29) is 0 Å². The largest absolute Gasteiger partial charge is 0.242 e. The van der Waals surface area contributed by atoms with Gasteiger partial charge in [0, 0.05) is 0 Å². The molecule has 0 aromatic heterocycles. The van der Waals surface area contributed by atoms with Crippen molar-refractivity contribution in [1.82, 2.24) is 0 Å². The lowest BCUT2D eigenvalue weighted by atomic mass is 10.0. The fraction of sp³-hybridized carbons (Fsp3) is 0.684. The normalized spacial score (nSPS) is 12.5. The fourth-order valence-electron chi connectivity index (χ4n) is 2.64. The van der Waals surface area contributed by atoms with Crippen molar-refractivity contribution in [3.63, 3.8) is 0 Å². The molecule has 0 saturated heterocycles. The van der Waals surface area contributed by atoms with Gasteiger partial charge in [-0.2, -0.15) is 0 Å². The predicted octanol–water partition coefficient (Wildman–Crippen LogP) is 7.01. The summed E-state index contributed by atoms with van der Waals surface area (Å²) in [6.45, 7) is 2.26. The second kappa shape index (κ2) is 11.9. The zero-order chi connectivity index (χ0) is 14.5. The third-order valence-corrected chi connectivity index (χ3v) is 3.97. The molecule has 0 spiro atoms. The highest BCUT2D eigenvalue weighted by Gasteiger charge is 2.07. The minimum Gasteiger partial charge on any atom is -0.242 e. The quantitative estimate of drug-likeness (QED) is 0.361. The third kappa shape index (κ3) is 8.35. The second-order valence-corrected chi connectivity index (χ2v) is 5.85. The van der Waals surface area contributed by atoms with E-state index < -0.39 is 6.17 Å². The highest BCUT2D eigenvalue weighted by molar-refractivity contribution is 5.17. The van der Waals surface area contributed by atoms with Gasteiger partial charge in [0.1, 0.15) is 6.17 Å². The number of alkyl halides is 1. The van der Waals surface area contributed by atoms with Crippen LogP contribution in [0.2, 0.25) is 0 Å². The Morgan fingerprint density at radius 3 is 1.80 bits per heavy atom. The predicted molar refractivity (Wildman–Crippen MR) is 86.8 cm³/mol. The van der Waals surface area contributed by atoms with Crippen LogP contribution in [-0.2, 0) is 0 Å². The maximum Gasteiger partial charge on any atom is 0.125 e. The first-order valence-electron chi connectivity index (χ1n) is 8.53. The fourth-order valence-corrected chi connectivity index (χ4v) is 2.64. The molecule has 0 aliphatic heterocycles. The molecule has 1 atom stereocenters. The number of halogens is 1. The summed E-state index contributed by atoms with van der Waals surface area (Å²) in [5.74, 6) is 0. The molecule has 0 fully saturated rings. The van der Waals surface area contributed by atoms with E-state index in [2.05, 4.69) is 6.92 Å². The maximum atomic E-state index is 13.9. The van der Waals surface area contributed by atoms with Crippen LogP contribution in [0.3, 0.4) is 0 Å². The maximum absolute atomic E-state index is 13.9. The van der Waals surface area contributed by atoms with E-state index in [9.17, 15) is 4.39 Å². The zero-order valence-corrected chi connectivity index (χ0v) is 13.1. The van der Waals surface area contributed by atoms with Crippen molar-refractivity contribution < 1.29 is 4.39 Å². The Balaban J connectivity index is 1.90. The molecule has 20 heavy (non-hydrogen) atoms. The van der Waals surface area contributed by atoms with E-state index >= 15 is 0 Å². The summed E-state index contributed by atoms with van der Waals surface area (Å²) in [6, 6.07) is 9.56. The Labute approximate surface area is 124 Å². The van der Waals surface area contributed by atoms with E-state index in [1.165, 1.54) is 57.8 Å². The molecule has 1 aromatic carbocycles. The summed E-state index contributed by atoms with van der Waals surface area (Å²) in [6.07, 6.45) is 13.0. The Hall–Kier alpha value is -0.850. The van der Waals surface area contributed by atoms with E-state index in [1.807, 2.05) is 30.3 Å². The van der Waals surface area contributed by atoms with Crippen LogP contribution in [0.5, 0.6) is 0 Å². The molecule has 0 aliphatic rings. The molecule has 114 valence electrons. The van der Waals surface area contributed by atoms with Crippen LogP contribution in [0.1, 0.15) is 89.3 Å². The van der Waals surface area contributed by atoms with Crippen molar-refractivity contribution in [3.8, 4) is 0 Å². The minimum atomic E-state index is -0.773. The van der Waals surface area contributed by atoms with Gasteiger partial charge >= 0.3 is 0 Å². The van der Waals surface area contributed by atoms with Crippen molar-refractivity contribution in [2.24, 2.45) is 0 Å². The van der Waals surface area contributed by atoms with Crippen LogP contribution < -0.4 is 0 Å². The van der Waals surface area contributed by atoms with Crippen molar-refractivity contribution in [2.75, 3.05) is 0 Å². The number of hydrogen-bond donors (Lipinski definition) is 0. The topological polar surface area (TPSA) is 0 Å². The van der Waals surface area contributed by atoms with Gasteiger partial charge in [0.2, 0.25) is 0 Å². The average molecular weight is 278 g/mol. The van der Waals surface area contributed by atoms with Gasteiger partial charge in [-0.3, -0.25) is 0 Å². The third-order valence-electron chi connectivity index (χ3n) is 3.97. The van der Waals surface area contributed by atoms with E-state index in [0.29, 0.717) is 6.42 Å². The lowest BCUT2D eigenvalue weighted by Crippen LogP contribution is -1.91. The summed E-state index contributed by atoms with van der Waals surface area (Å²) in [5, 5.41) is 0. The highest BCUT2D eigenvalue weighted by atomic mass is 19.1. The van der Waals surface area contributed by atoms with Gasteiger partial charge < -0.3 is 0 Å². The molecule has 1 rings (SSSR count). The Morgan fingerprint density at radius 2 is 1.25 bits per heavy atom. The zero-order valence-electron chi connectivity index (χ0n) is 13.1. The van der Waals surface area contributed by atoms with Crippen LogP contribution in [-0.4, -0.2) is 0 Å². The summed E-state index contributed by atoms with van der Waals surface area (Å²) in [7, 11) is 0. The molecule has 0 bridgehead atoms. The van der Waals surface area contributed by atoms with Crippen molar-refractivity contribution in [1.29, 1.82) is 0 Å². The van der Waals surface area contributed by atoms with Gasteiger partial charge in [0.25, 0.3) is 0 Å². The summed E-state index contributed by atoms with van der Waals surface area (Å²) >= 11 is 0. The van der Waals surface area contributed by atoms with Crippen molar-refractivity contribution in [3.05, 3.63) is 35.9 Å². The van der Waals surface area contributed by atoms with Gasteiger partial charge in [-0.25, -0.2) is 4.39 Å². The van der Waals surface area contributed by atoms with Gasteiger partial charge in [-0.15, -0.1) is 0 Å². The van der Waals surface area contributed by atoms with Crippen LogP contribution in [0.15, 0.2) is 30.3 Å². The lowest BCUT2D eigenvalue weighted by molar-refractivity contribution is 0.312. The SMILES string of the molecule is CCCCCCCCCCCCC(F)c1ccccc1. The molecule has 0 aliphatic carbocycles. The number of hydrogen-bond acceptors (Lipinski definition) is 0. The van der Waals surface area contributed by atoms with Gasteiger partial charge in [-0.1, -0.05) is 101 Å². The molecule has 0 N–H and O–H groups in total. The number of rotatable bonds is 12. The van der Waals surface area contributed by atoms with E-state index in [1.54, 1.807) is 0 Å². The first kappa shape index (κ1) is 17.2. The van der Waals surface area contributed by atoms with Crippen molar-refractivity contribution in [2.45, 2.75) is 83.7 Å². The number of unbranched alkanes of at least 4 members (excludes halogenated alkanes) is 9. The van der Waals surface area contributed by atoms with Gasteiger partial charge in [-0.05, 0) is 12.0 Å². The summed E-state index contributed by atoms with van der Waals surface area (Å²) in [5.41, 5.74) is 0.837. The van der Waals surface area contributed by atoms with Crippen molar-refractivity contribution >= 4 is 0 Å². The second-order valence-electron chi connectivity index (χ2n) is 5.85. The standard InChI is InChI=1S/C19H31F/c1-2-3-4-5-6-7-8-9-10-14-17-19(20)18-15-12-11-13-16-18/h11-13,15-16,19H,2-10,14,17H2,1H3. The molecular formula is C19H31F. The molecule has 0 saturated carbocycles. The lowest BCUT2D eigenvalue weighted by Gasteiger charge is -2.08. The van der Waals surface area contributed by atoms with E-state index in [0.717, 1.165) is 12.0 Å². The molecular weight excluding hydrogens is 247 g/mol. The minimum absolute atomic E-state index is 0.681. The molecule has 0 heterocycles. The van der Waals surface area contributed by atoms with Gasteiger partial charge in [0.15, 0.2) is 0 Å². The molecule has 1 heteroatoms. The first-order valence-corrected chi connectivity index (χ1v) is 8.53. The summed E-state index contributed by atoms with van der Waals surface area (Å²) in [4.78, 5) is 0. The number of benzene rings is 1. The van der Waals surface area contributed by atoms with Crippen LogP contribution >= 0.6 is 0 Å². The van der Waals surface area contributed by atoms with Gasteiger partial charge in [0.05, 0.1) is 0 Å². The molecule has 1 unspecified atom stereocenters. The molecule has 1 aromatic rings. The Kier molecular flexibility index (Phi) is 10.3. The van der Waals surface area contributed by atoms with Crippen LogP contribution in [0.4, 0.5) is 4.39 Å². The average Bonchev–Trinajstić information content (AvgIpc) is 2.50. The summed E-state index contributed by atoms with van der Waals surface area (Å²) < 4.78 is 13.9. The smallest absolute Gasteiger partial charge is 0.125 e. The molecule has 0 radical (unpaired) electrons. The van der Waals surface area contributed by atoms with Crippen LogP contribution in [0.25, 0.3) is 0 Å². The first-order chi connectivity index (χ1) is 9.84. The molecule has 0 amide bonds. The van der Waals surface area contributed by atoms with Crippen LogP contribution in [0, 0.1) is 0 Å². The highest BCUT2D eigenvalue weighted by Crippen LogP contribution is 2.23. The monoisotopic (exact) mass is 278 g/mol.